The lowest BCUT2D eigenvalue weighted by Crippen LogP contribution is -2.22. The molecule has 6 heteroatoms. The minimum atomic E-state index is -0.484. The number of fused-ring (bicyclic) bond motifs is 1. The number of nitro benzene ring substituents is 1. The number of nitrogens with zero attached hydrogens (tertiary/aromatic N) is 3. The highest BCUT2D eigenvalue weighted by Crippen LogP contribution is 2.19. The van der Waals surface area contributed by atoms with E-state index in [1.807, 2.05) is 42.5 Å². The van der Waals surface area contributed by atoms with Gasteiger partial charge in [0.25, 0.3) is 11.2 Å². The van der Waals surface area contributed by atoms with Crippen molar-refractivity contribution in [2.75, 3.05) is 0 Å². The van der Waals surface area contributed by atoms with Gasteiger partial charge in [0.05, 0.1) is 21.5 Å². The van der Waals surface area contributed by atoms with Gasteiger partial charge in [-0.2, -0.15) is 0 Å². The monoisotopic (exact) mass is 369 g/mol. The van der Waals surface area contributed by atoms with E-state index in [1.54, 1.807) is 36.4 Å². The van der Waals surface area contributed by atoms with E-state index in [1.165, 1.54) is 16.7 Å². The SMILES string of the molecule is O=c1c2ccccc2nc(C=Cc2ccccc2)n1-c1cccc([N+](=O)[O-])c1. The molecular formula is C22H15N3O3. The molecule has 0 saturated heterocycles. The summed E-state index contributed by atoms with van der Waals surface area (Å²) in [6.07, 6.45) is 3.59. The summed E-state index contributed by atoms with van der Waals surface area (Å²) in [7, 11) is 0. The van der Waals surface area contributed by atoms with E-state index in [-0.39, 0.29) is 11.2 Å². The summed E-state index contributed by atoms with van der Waals surface area (Å²) in [6, 6.07) is 22.7. The van der Waals surface area contributed by atoms with Crippen LogP contribution in [-0.2, 0) is 0 Å². The van der Waals surface area contributed by atoms with E-state index in [0.29, 0.717) is 22.4 Å². The van der Waals surface area contributed by atoms with Gasteiger partial charge in [-0.3, -0.25) is 19.5 Å². The molecule has 0 saturated carbocycles. The molecule has 0 amide bonds. The Bertz CT molecular complexity index is 1260. The van der Waals surface area contributed by atoms with Crippen molar-refractivity contribution in [3.63, 3.8) is 0 Å². The molecule has 1 heterocycles. The van der Waals surface area contributed by atoms with Gasteiger partial charge in [0.15, 0.2) is 0 Å². The van der Waals surface area contributed by atoms with E-state index in [0.717, 1.165) is 5.56 Å². The van der Waals surface area contributed by atoms with Gasteiger partial charge in [0, 0.05) is 12.1 Å². The second kappa shape index (κ2) is 7.28. The quantitative estimate of drug-likeness (QED) is 0.393. The molecule has 0 aliphatic carbocycles. The van der Waals surface area contributed by atoms with Gasteiger partial charge >= 0.3 is 0 Å². The predicted molar refractivity (Wildman–Crippen MR) is 109 cm³/mol. The number of non-ortho nitro benzene ring substituents is 1. The van der Waals surface area contributed by atoms with E-state index in [2.05, 4.69) is 4.98 Å². The van der Waals surface area contributed by atoms with Crippen molar-refractivity contribution < 1.29 is 4.92 Å². The highest BCUT2D eigenvalue weighted by atomic mass is 16.6. The van der Waals surface area contributed by atoms with Gasteiger partial charge in [-0.25, -0.2) is 4.98 Å². The van der Waals surface area contributed by atoms with Crippen LogP contribution in [0.5, 0.6) is 0 Å². The van der Waals surface area contributed by atoms with Gasteiger partial charge in [-0.15, -0.1) is 0 Å². The molecule has 28 heavy (non-hydrogen) atoms. The maximum Gasteiger partial charge on any atom is 0.271 e. The zero-order valence-corrected chi connectivity index (χ0v) is 14.7. The molecule has 0 aliphatic heterocycles. The molecule has 6 nitrogen and oxygen atoms in total. The molecule has 0 N–H and O–H groups in total. The molecule has 0 fully saturated rings. The van der Waals surface area contributed by atoms with Crippen molar-refractivity contribution in [1.29, 1.82) is 0 Å². The van der Waals surface area contributed by atoms with Crippen LogP contribution in [0.2, 0.25) is 0 Å². The lowest BCUT2D eigenvalue weighted by atomic mass is 10.2. The first-order valence-corrected chi connectivity index (χ1v) is 8.63. The number of hydrogen-bond acceptors (Lipinski definition) is 4. The summed E-state index contributed by atoms with van der Waals surface area (Å²) < 4.78 is 1.40. The van der Waals surface area contributed by atoms with Crippen LogP contribution < -0.4 is 5.56 Å². The Kier molecular flexibility index (Phi) is 4.51. The maximum absolute atomic E-state index is 13.2. The topological polar surface area (TPSA) is 78.0 Å². The number of para-hydroxylation sites is 1. The number of nitro groups is 1. The normalized spacial score (nSPS) is 11.1. The second-order valence-electron chi connectivity index (χ2n) is 6.15. The Morgan fingerprint density at radius 1 is 0.893 bits per heavy atom. The van der Waals surface area contributed by atoms with Crippen LogP contribution in [0.4, 0.5) is 5.69 Å². The summed E-state index contributed by atoms with van der Waals surface area (Å²) in [4.78, 5) is 28.5. The molecule has 136 valence electrons. The fourth-order valence-corrected chi connectivity index (χ4v) is 2.99. The lowest BCUT2D eigenvalue weighted by Gasteiger charge is -2.11. The van der Waals surface area contributed by atoms with E-state index in [4.69, 9.17) is 0 Å². The van der Waals surface area contributed by atoms with Gasteiger partial charge < -0.3 is 0 Å². The number of rotatable bonds is 4. The Morgan fingerprint density at radius 3 is 2.43 bits per heavy atom. The van der Waals surface area contributed by atoms with Crippen molar-refractivity contribution in [2.24, 2.45) is 0 Å². The third kappa shape index (κ3) is 3.31. The van der Waals surface area contributed by atoms with Crippen LogP contribution in [0.15, 0.2) is 83.7 Å². The molecule has 0 aliphatic rings. The van der Waals surface area contributed by atoms with Crippen molar-refractivity contribution in [3.05, 3.63) is 111 Å². The van der Waals surface area contributed by atoms with Crippen molar-refractivity contribution in [3.8, 4) is 5.69 Å². The standard InChI is InChI=1S/C22H15N3O3/c26-22-19-11-4-5-12-20(19)23-21(14-13-16-7-2-1-3-8-16)24(22)17-9-6-10-18(15-17)25(27)28/h1-15H. The highest BCUT2D eigenvalue weighted by Gasteiger charge is 2.13. The van der Waals surface area contributed by atoms with Gasteiger partial charge in [0.2, 0.25) is 0 Å². The minimum absolute atomic E-state index is 0.0875. The predicted octanol–water partition coefficient (Wildman–Crippen LogP) is 4.46. The van der Waals surface area contributed by atoms with Gasteiger partial charge in [-0.05, 0) is 29.8 Å². The Labute approximate surface area is 160 Å². The van der Waals surface area contributed by atoms with Crippen LogP contribution in [0.3, 0.4) is 0 Å². The zero-order chi connectivity index (χ0) is 19.5. The number of hydrogen-bond donors (Lipinski definition) is 0. The fourth-order valence-electron chi connectivity index (χ4n) is 2.99. The molecule has 4 rings (SSSR count). The molecule has 0 unspecified atom stereocenters. The maximum atomic E-state index is 13.2. The smallest absolute Gasteiger partial charge is 0.268 e. The van der Waals surface area contributed by atoms with Gasteiger partial charge in [0.1, 0.15) is 5.82 Å². The number of benzene rings is 3. The largest absolute Gasteiger partial charge is 0.271 e. The Balaban J connectivity index is 1.96. The summed E-state index contributed by atoms with van der Waals surface area (Å²) in [6.45, 7) is 0. The molecule has 3 aromatic carbocycles. The van der Waals surface area contributed by atoms with Gasteiger partial charge in [-0.1, -0.05) is 54.6 Å². The summed E-state index contributed by atoms with van der Waals surface area (Å²) in [5.74, 6) is 0.396. The van der Waals surface area contributed by atoms with E-state index >= 15 is 0 Å². The average molecular weight is 369 g/mol. The highest BCUT2D eigenvalue weighted by molar-refractivity contribution is 5.80. The first-order valence-electron chi connectivity index (χ1n) is 8.63. The minimum Gasteiger partial charge on any atom is -0.268 e. The zero-order valence-electron chi connectivity index (χ0n) is 14.7. The Morgan fingerprint density at radius 2 is 1.64 bits per heavy atom. The van der Waals surface area contributed by atoms with Crippen molar-refractivity contribution in [1.82, 2.24) is 9.55 Å². The van der Waals surface area contributed by atoms with Crippen molar-refractivity contribution in [2.45, 2.75) is 0 Å². The number of aromatic nitrogens is 2. The van der Waals surface area contributed by atoms with Crippen LogP contribution >= 0.6 is 0 Å². The molecule has 0 spiro atoms. The van der Waals surface area contributed by atoms with Crippen LogP contribution in [0.1, 0.15) is 11.4 Å². The first-order chi connectivity index (χ1) is 13.6. The third-order valence-electron chi connectivity index (χ3n) is 4.32. The van der Waals surface area contributed by atoms with Crippen LogP contribution in [-0.4, -0.2) is 14.5 Å². The summed E-state index contributed by atoms with van der Waals surface area (Å²) >= 11 is 0. The summed E-state index contributed by atoms with van der Waals surface area (Å²) in [5, 5.41) is 11.6. The molecule has 0 atom stereocenters. The second-order valence-corrected chi connectivity index (χ2v) is 6.15. The third-order valence-corrected chi connectivity index (χ3v) is 4.32. The molecule has 1 aromatic heterocycles. The van der Waals surface area contributed by atoms with Crippen LogP contribution in [0, 0.1) is 10.1 Å². The molecule has 0 bridgehead atoms. The van der Waals surface area contributed by atoms with E-state index < -0.39 is 4.92 Å². The Hall–Kier alpha value is -4.06. The summed E-state index contributed by atoms with van der Waals surface area (Å²) in [5.41, 5.74) is 1.55. The first kappa shape index (κ1) is 17.4. The molecule has 0 radical (unpaired) electrons. The van der Waals surface area contributed by atoms with Crippen LogP contribution in [0.25, 0.3) is 28.7 Å². The van der Waals surface area contributed by atoms with E-state index in [9.17, 15) is 14.9 Å². The lowest BCUT2D eigenvalue weighted by molar-refractivity contribution is -0.384. The average Bonchev–Trinajstić information content (AvgIpc) is 2.73. The molecule has 4 aromatic rings. The molecular weight excluding hydrogens is 354 g/mol. The fraction of sp³-hybridized carbons (Fsp3) is 0. The van der Waals surface area contributed by atoms with Crippen molar-refractivity contribution >= 4 is 28.7 Å².